The molecule has 0 fully saturated rings. The number of carbonyl (C=O) groups is 3. The Bertz CT molecular complexity index is 241. The Kier molecular flexibility index (Phi) is 7.83. The summed E-state index contributed by atoms with van der Waals surface area (Å²) in [4.78, 5) is 32.2. The summed E-state index contributed by atoms with van der Waals surface area (Å²) in [5.41, 5.74) is 0. The first-order valence-corrected chi connectivity index (χ1v) is 5.31. The molecule has 0 aromatic rings. The van der Waals surface area contributed by atoms with Crippen LogP contribution < -0.4 is 16.0 Å². The third kappa shape index (κ3) is 7.78. The highest BCUT2D eigenvalue weighted by Gasteiger charge is 2.11. The zero-order chi connectivity index (χ0) is 12.4. The van der Waals surface area contributed by atoms with Crippen LogP contribution in [0.1, 0.15) is 20.3 Å². The number of rotatable bonds is 7. The van der Waals surface area contributed by atoms with Gasteiger partial charge in [0.05, 0.1) is 0 Å². The van der Waals surface area contributed by atoms with Crippen molar-refractivity contribution in [2.45, 2.75) is 20.3 Å². The highest BCUT2D eigenvalue weighted by Crippen LogP contribution is 1.86. The second kappa shape index (κ2) is 8.70. The van der Waals surface area contributed by atoms with Crippen molar-refractivity contribution in [3.8, 4) is 0 Å². The normalized spacial score (nSPS) is 9.69. The van der Waals surface area contributed by atoms with Crippen LogP contribution in [0.2, 0.25) is 0 Å². The Morgan fingerprint density at radius 3 is 2.31 bits per heavy atom. The maximum atomic E-state index is 11.2. The molecule has 0 spiro atoms. The SMILES string of the molecule is CC(C)CNC(=O)C(=O)NCCCNC=O. The van der Waals surface area contributed by atoms with Gasteiger partial charge in [0.1, 0.15) is 0 Å². The van der Waals surface area contributed by atoms with E-state index in [0.717, 1.165) is 0 Å². The zero-order valence-corrected chi connectivity index (χ0v) is 9.71. The van der Waals surface area contributed by atoms with Crippen LogP contribution in [0.3, 0.4) is 0 Å². The van der Waals surface area contributed by atoms with E-state index in [9.17, 15) is 14.4 Å². The van der Waals surface area contributed by atoms with Crippen molar-refractivity contribution < 1.29 is 14.4 Å². The van der Waals surface area contributed by atoms with E-state index in [0.29, 0.717) is 38.4 Å². The van der Waals surface area contributed by atoms with Gasteiger partial charge >= 0.3 is 11.8 Å². The molecule has 0 saturated carbocycles. The Labute approximate surface area is 95.2 Å². The molecule has 0 unspecified atom stereocenters. The number of amides is 3. The summed E-state index contributed by atoms with van der Waals surface area (Å²) in [6.07, 6.45) is 1.19. The largest absolute Gasteiger partial charge is 0.359 e. The Balaban J connectivity index is 3.55. The molecule has 3 N–H and O–H groups in total. The van der Waals surface area contributed by atoms with Crippen molar-refractivity contribution in [2.24, 2.45) is 5.92 Å². The lowest BCUT2D eigenvalue weighted by molar-refractivity contribution is -0.139. The Morgan fingerprint density at radius 2 is 1.75 bits per heavy atom. The van der Waals surface area contributed by atoms with E-state index in [1.165, 1.54) is 0 Å². The molecule has 0 saturated heterocycles. The second-order valence-electron chi connectivity index (χ2n) is 3.79. The average molecular weight is 229 g/mol. The fourth-order valence-electron chi connectivity index (χ4n) is 0.909. The van der Waals surface area contributed by atoms with Gasteiger partial charge in [0, 0.05) is 19.6 Å². The van der Waals surface area contributed by atoms with Crippen LogP contribution in [0.5, 0.6) is 0 Å². The maximum absolute atomic E-state index is 11.2. The third-order valence-electron chi connectivity index (χ3n) is 1.74. The van der Waals surface area contributed by atoms with Crippen molar-refractivity contribution >= 4 is 18.2 Å². The lowest BCUT2D eigenvalue weighted by atomic mass is 10.2. The fraction of sp³-hybridized carbons (Fsp3) is 0.700. The second-order valence-corrected chi connectivity index (χ2v) is 3.79. The molecule has 0 radical (unpaired) electrons. The summed E-state index contributed by atoms with van der Waals surface area (Å²) in [5.74, 6) is -0.933. The van der Waals surface area contributed by atoms with E-state index in [-0.39, 0.29) is 0 Å². The van der Waals surface area contributed by atoms with Gasteiger partial charge in [0.15, 0.2) is 0 Å². The molecule has 0 bridgehead atoms. The standard InChI is InChI=1S/C10H19N3O3/c1-8(2)6-13-10(16)9(15)12-5-3-4-11-7-14/h7-8H,3-6H2,1-2H3,(H,11,14)(H,12,15)(H,13,16). The van der Waals surface area contributed by atoms with E-state index >= 15 is 0 Å². The summed E-state index contributed by atoms with van der Waals surface area (Å²) in [7, 11) is 0. The monoisotopic (exact) mass is 229 g/mol. The minimum absolute atomic E-state index is 0.313. The van der Waals surface area contributed by atoms with Crippen LogP contribution in [-0.2, 0) is 14.4 Å². The van der Waals surface area contributed by atoms with Gasteiger partial charge in [-0.3, -0.25) is 14.4 Å². The summed E-state index contributed by atoms with van der Waals surface area (Å²) in [6, 6.07) is 0. The predicted octanol–water partition coefficient (Wildman–Crippen LogP) is -0.989. The Morgan fingerprint density at radius 1 is 1.12 bits per heavy atom. The van der Waals surface area contributed by atoms with Gasteiger partial charge in [-0.15, -0.1) is 0 Å². The van der Waals surface area contributed by atoms with Crippen LogP contribution in [0.15, 0.2) is 0 Å². The molecule has 0 atom stereocenters. The van der Waals surface area contributed by atoms with Crippen molar-refractivity contribution in [3.05, 3.63) is 0 Å². The Hall–Kier alpha value is -1.59. The van der Waals surface area contributed by atoms with Gasteiger partial charge in [-0.1, -0.05) is 13.8 Å². The van der Waals surface area contributed by atoms with E-state index in [2.05, 4.69) is 16.0 Å². The summed E-state index contributed by atoms with van der Waals surface area (Å²) < 4.78 is 0. The molecule has 6 nitrogen and oxygen atoms in total. The molecular formula is C10H19N3O3. The predicted molar refractivity (Wildman–Crippen MR) is 59.5 cm³/mol. The smallest absolute Gasteiger partial charge is 0.309 e. The first-order chi connectivity index (χ1) is 7.57. The lowest BCUT2D eigenvalue weighted by Gasteiger charge is -2.07. The lowest BCUT2D eigenvalue weighted by Crippen LogP contribution is -2.41. The van der Waals surface area contributed by atoms with Crippen LogP contribution in [0.4, 0.5) is 0 Å². The van der Waals surface area contributed by atoms with Crippen LogP contribution in [0.25, 0.3) is 0 Å². The van der Waals surface area contributed by atoms with Crippen LogP contribution in [0, 0.1) is 5.92 Å². The summed E-state index contributed by atoms with van der Waals surface area (Å²) in [6.45, 7) is 5.23. The first kappa shape index (κ1) is 14.4. The molecular weight excluding hydrogens is 210 g/mol. The first-order valence-electron chi connectivity index (χ1n) is 5.31. The third-order valence-corrected chi connectivity index (χ3v) is 1.74. The molecule has 0 aliphatic rings. The van der Waals surface area contributed by atoms with Gasteiger partial charge < -0.3 is 16.0 Å². The molecule has 0 rings (SSSR count). The van der Waals surface area contributed by atoms with E-state index in [4.69, 9.17) is 0 Å². The topological polar surface area (TPSA) is 87.3 Å². The van der Waals surface area contributed by atoms with Gasteiger partial charge in [-0.2, -0.15) is 0 Å². The molecule has 0 aliphatic heterocycles. The molecule has 3 amide bonds. The number of hydrogen-bond acceptors (Lipinski definition) is 3. The quantitative estimate of drug-likeness (QED) is 0.297. The van der Waals surface area contributed by atoms with Gasteiger partial charge in [0.25, 0.3) is 0 Å². The minimum Gasteiger partial charge on any atom is -0.359 e. The molecule has 0 aliphatic carbocycles. The van der Waals surface area contributed by atoms with E-state index < -0.39 is 11.8 Å². The van der Waals surface area contributed by atoms with E-state index in [1.807, 2.05) is 13.8 Å². The number of hydrogen-bond donors (Lipinski definition) is 3. The molecule has 0 heterocycles. The molecule has 16 heavy (non-hydrogen) atoms. The molecule has 0 aromatic heterocycles. The molecule has 6 heteroatoms. The van der Waals surface area contributed by atoms with Crippen molar-refractivity contribution in [3.63, 3.8) is 0 Å². The molecule has 0 aromatic carbocycles. The number of carbonyl (C=O) groups excluding carboxylic acids is 3. The van der Waals surface area contributed by atoms with Crippen LogP contribution >= 0.6 is 0 Å². The minimum atomic E-state index is -0.633. The highest BCUT2D eigenvalue weighted by molar-refractivity contribution is 6.35. The maximum Gasteiger partial charge on any atom is 0.309 e. The summed E-state index contributed by atoms with van der Waals surface area (Å²) >= 11 is 0. The van der Waals surface area contributed by atoms with E-state index in [1.54, 1.807) is 0 Å². The number of nitrogens with one attached hydrogen (secondary N) is 3. The van der Waals surface area contributed by atoms with Crippen molar-refractivity contribution in [2.75, 3.05) is 19.6 Å². The fourth-order valence-corrected chi connectivity index (χ4v) is 0.909. The van der Waals surface area contributed by atoms with Gasteiger partial charge in [-0.25, -0.2) is 0 Å². The van der Waals surface area contributed by atoms with Crippen molar-refractivity contribution in [1.82, 2.24) is 16.0 Å². The zero-order valence-electron chi connectivity index (χ0n) is 9.71. The highest BCUT2D eigenvalue weighted by atomic mass is 16.2. The van der Waals surface area contributed by atoms with Crippen molar-refractivity contribution in [1.29, 1.82) is 0 Å². The van der Waals surface area contributed by atoms with Gasteiger partial charge in [-0.05, 0) is 12.3 Å². The van der Waals surface area contributed by atoms with Crippen LogP contribution in [-0.4, -0.2) is 37.9 Å². The molecule has 92 valence electrons. The van der Waals surface area contributed by atoms with Gasteiger partial charge in [0.2, 0.25) is 6.41 Å². The average Bonchev–Trinajstić information content (AvgIpc) is 2.25. The summed E-state index contributed by atoms with van der Waals surface area (Å²) in [5, 5.41) is 7.43.